The zero-order valence-corrected chi connectivity index (χ0v) is 13.5. The van der Waals surface area contributed by atoms with Gasteiger partial charge in [0.2, 0.25) is 0 Å². The third kappa shape index (κ3) is 3.97. The quantitative estimate of drug-likeness (QED) is 0.779. The summed E-state index contributed by atoms with van der Waals surface area (Å²) in [7, 11) is 0. The van der Waals surface area contributed by atoms with E-state index in [1.54, 1.807) is 6.07 Å². The molecule has 0 aliphatic heterocycles. The molecule has 20 heavy (non-hydrogen) atoms. The highest BCUT2D eigenvalue weighted by atomic mass is 35.5. The Kier molecular flexibility index (Phi) is 6.50. The van der Waals surface area contributed by atoms with Crippen LogP contribution < -0.4 is 5.32 Å². The van der Waals surface area contributed by atoms with Gasteiger partial charge in [-0.15, -0.1) is 0 Å². The molecule has 1 aromatic carbocycles. The van der Waals surface area contributed by atoms with E-state index < -0.39 is 5.54 Å². The third-order valence-electron chi connectivity index (χ3n) is 3.28. The Morgan fingerprint density at radius 3 is 2.60 bits per heavy atom. The van der Waals surface area contributed by atoms with Crippen LogP contribution in [0.1, 0.15) is 39.7 Å². The molecule has 1 aromatic rings. The Hall–Kier alpha value is -1.06. The minimum atomic E-state index is -0.828. The number of rotatable bonds is 7. The average Bonchev–Trinajstić information content (AvgIpc) is 2.40. The van der Waals surface area contributed by atoms with Gasteiger partial charge in [0, 0.05) is 5.02 Å². The second-order valence-electron chi connectivity index (χ2n) is 5.26. The summed E-state index contributed by atoms with van der Waals surface area (Å²) in [6.45, 7) is 9.11. The van der Waals surface area contributed by atoms with Gasteiger partial charge in [-0.05, 0) is 43.5 Å². The molecule has 0 radical (unpaired) electrons. The molecule has 1 unspecified atom stereocenters. The lowest BCUT2D eigenvalue weighted by atomic mass is 9.86. The number of carbonyl (C=O) groups excluding carboxylic acids is 1. The van der Waals surface area contributed by atoms with Gasteiger partial charge in [0.1, 0.15) is 5.54 Å². The first-order valence-electron chi connectivity index (χ1n) is 7.14. The molecule has 0 aromatic heterocycles. The maximum atomic E-state index is 12.5. The summed E-state index contributed by atoms with van der Waals surface area (Å²) < 4.78 is 5.28. The Morgan fingerprint density at radius 1 is 1.40 bits per heavy atom. The monoisotopic (exact) mass is 297 g/mol. The van der Waals surface area contributed by atoms with Crippen molar-refractivity contribution in [2.75, 3.05) is 13.2 Å². The SMILES string of the molecule is CCOC(=O)C(CC)(NCC(C)C)c1cccc(Cl)c1. The molecule has 0 bridgehead atoms. The lowest BCUT2D eigenvalue weighted by Crippen LogP contribution is -2.51. The molecule has 1 atom stereocenters. The first-order valence-corrected chi connectivity index (χ1v) is 7.52. The van der Waals surface area contributed by atoms with Gasteiger partial charge in [-0.25, -0.2) is 4.79 Å². The van der Waals surface area contributed by atoms with Crippen LogP contribution in [0.4, 0.5) is 0 Å². The third-order valence-corrected chi connectivity index (χ3v) is 3.52. The number of esters is 1. The molecule has 1 N–H and O–H groups in total. The largest absolute Gasteiger partial charge is 0.464 e. The fourth-order valence-electron chi connectivity index (χ4n) is 2.15. The molecule has 0 saturated carbocycles. The number of nitrogens with one attached hydrogen (secondary N) is 1. The molecule has 0 spiro atoms. The Bertz CT molecular complexity index is 448. The van der Waals surface area contributed by atoms with E-state index in [1.807, 2.05) is 32.0 Å². The van der Waals surface area contributed by atoms with E-state index in [9.17, 15) is 4.79 Å². The van der Waals surface area contributed by atoms with Gasteiger partial charge in [-0.1, -0.05) is 44.5 Å². The highest BCUT2D eigenvalue weighted by Gasteiger charge is 2.39. The van der Waals surface area contributed by atoms with Gasteiger partial charge in [0.05, 0.1) is 6.61 Å². The molecule has 0 amide bonds. The number of ether oxygens (including phenoxy) is 1. The summed E-state index contributed by atoms with van der Waals surface area (Å²) in [5, 5.41) is 4.00. The van der Waals surface area contributed by atoms with Crippen molar-refractivity contribution in [2.45, 2.75) is 39.7 Å². The summed E-state index contributed by atoms with van der Waals surface area (Å²) in [4.78, 5) is 12.5. The van der Waals surface area contributed by atoms with Crippen molar-refractivity contribution < 1.29 is 9.53 Å². The van der Waals surface area contributed by atoms with Crippen molar-refractivity contribution in [3.05, 3.63) is 34.9 Å². The van der Waals surface area contributed by atoms with Crippen molar-refractivity contribution >= 4 is 17.6 Å². The minimum absolute atomic E-state index is 0.245. The summed E-state index contributed by atoms with van der Waals surface area (Å²) >= 11 is 6.07. The Labute approximate surface area is 126 Å². The lowest BCUT2D eigenvalue weighted by Gasteiger charge is -2.33. The van der Waals surface area contributed by atoms with Crippen LogP contribution in [0.3, 0.4) is 0 Å². The minimum Gasteiger partial charge on any atom is -0.464 e. The van der Waals surface area contributed by atoms with E-state index in [0.717, 1.165) is 12.1 Å². The molecule has 4 heteroatoms. The molecule has 0 saturated heterocycles. The van der Waals surface area contributed by atoms with Gasteiger partial charge >= 0.3 is 5.97 Å². The molecular formula is C16H24ClNO2. The predicted molar refractivity (Wildman–Crippen MR) is 82.9 cm³/mol. The van der Waals surface area contributed by atoms with Crippen LogP contribution in [0.2, 0.25) is 5.02 Å². The van der Waals surface area contributed by atoms with Crippen molar-refractivity contribution in [1.29, 1.82) is 0 Å². The van der Waals surface area contributed by atoms with E-state index in [2.05, 4.69) is 19.2 Å². The lowest BCUT2D eigenvalue weighted by molar-refractivity contribution is -0.152. The summed E-state index contributed by atoms with van der Waals surface area (Å²) in [6, 6.07) is 7.41. The number of benzene rings is 1. The zero-order valence-electron chi connectivity index (χ0n) is 12.7. The number of halogens is 1. The molecule has 0 aliphatic carbocycles. The van der Waals surface area contributed by atoms with Crippen LogP contribution in [-0.2, 0) is 15.1 Å². The van der Waals surface area contributed by atoms with E-state index in [0.29, 0.717) is 24.0 Å². The van der Waals surface area contributed by atoms with E-state index in [1.165, 1.54) is 0 Å². The van der Waals surface area contributed by atoms with Crippen molar-refractivity contribution in [3.63, 3.8) is 0 Å². The highest BCUT2D eigenvalue weighted by molar-refractivity contribution is 6.30. The Balaban J connectivity index is 3.19. The second kappa shape index (κ2) is 7.65. The van der Waals surface area contributed by atoms with Crippen LogP contribution in [0.25, 0.3) is 0 Å². The summed E-state index contributed by atoms with van der Waals surface area (Å²) in [6.07, 6.45) is 0.610. The van der Waals surface area contributed by atoms with Gasteiger partial charge in [-0.3, -0.25) is 5.32 Å². The number of carbonyl (C=O) groups is 1. The summed E-state index contributed by atoms with van der Waals surface area (Å²) in [5.74, 6) is 0.194. The number of hydrogen-bond donors (Lipinski definition) is 1. The van der Waals surface area contributed by atoms with Crippen LogP contribution in [-0.4, -0.2) is 19.1 Å². The second-order valence-corrected chi connectivity index (χ2v) is 5.70. The van der Waals surface area contributed by atoms with Gasteiger partial charge in [0.15, 0.2) is 0 Å². The van der Waals surface area contributed by atoms with E-state index in [4.69, 9.17) is 16.3 Å². The van der Waals surface area contributed by atoms with Crippen molar-refractivity contribution in [1.82, 2.24) is 5.32 Å². The molecule has 0 heterocycles. The molecule has 1 rings (SSSR count). The van der Waals surface area contributed by atoms with Crippen LogP contribution in [0, 0.1) is 5.92 Å². The van der Waals surface area contributed by atoms with Gasteiger partial charge in [-0.2, -0.15) is 0 Å². The molecule has 3 nitrogen and oxygen atoms in total. The van der Waals surface area contributed by atoms with Crippen LogP contribution in [0.15, 0.2) is 24.3 Å². The maximum Gasteiger partial charge on any atom is 0.330 e. The fourth-order valence-corrected chi connectivity index (χ4v) is 2.34. The van der Waals surface area contributed by atoms with Crippen LogP contribution in [0.5, 0.6) is 0 Å². The molecule has 0 aliphatic rings. The maximum absolute atomic E-state index is 12.5. The first kappa shape index (κ1) is 17.0. The van der Waals surface area contributed by atoms with Crippen molar-refractivity contribution in [2.24, 2.45) is 5.92 Å². The van der Waals surface area contributed by atoms with Crippen molar-refractivity contribution in [3.8, 4) is 0 Å². The molecule has 0 fully saturated rings. The Morgan fingerprint density at radius 2 is 2.10 bits per heavy atom. The smallest absolute Gasteiger partial charge is 0.330 e. The molecule has 112 valence electrons. The topological polar surface area (TPSA) is 38.3 Å². The van der Waals surface area contributed by atoms with Crippen LogP contribution >= 0.6 is 11.6 Å². The van der Waals surface area contributed by atoms with Gasteiger partial charge < -0.3 is 4.74 Å². The average molecular weight is 298 g/mol. The predicted octanol–water partition coefficient (Wildman–Crippen LogP) is 3.75. The molecular weight excluding hydrogens is 274 g/mol. The first-order chi connectivity index (χ1) is 9.46. The van der Waals surface area contributed by atoms with Gasteiger partial charge in [0.25, 0.3) is 0 Å². The number of hydrogen-bond acceptors (Lipinski definition) is 3. The fraction of sp³-hybridized carbons (Fsp3) is 0.562. The summed E-state index contributed by atoms with van der Waals surface area (Å²) in [5.41, 5.74) is 0.0251. The standard InChI is InChI=1S/C16H24ClNO2/c1-5-16(15(19)20-6-2,18-11-12(3)4)13-8-7-9-14(17)10-13/h7-10,12,18H,5-6,11H2,1-4H3. The van der Waals surface area contributed by atoms with E-state index in [-0.39, 0.29) is 5.97 Å². The van der Waals surface area contributed by atoms with E-state index >= 15 is 0 Å². The zero-order chi connectivity index (χ0) is 15.2. The highest BCUT2D eigenvalue weighted by Crippen LogP contribution is 2.29. The normalized spacial score (nSPS) is 14.1.